The van der Waals surface area contributed by atoms with Gasteiger partial charge >= 0.3 is 6.09 Å². The summed E-state index contributed by atoms with van der Waals surface area (Å²) in [5, 5.41) is 5.64. The molecule has 3 aromatic rings. The third-order valence-electron chi connectivity index (χ3n) is 5.22. The summed E-state index contributed by atoms with van der Waals surface area (Å²) in [5.41, 5.74) is 0.874. The molecule has 0 spiro atoms. The average molecular weight is 459 g/mol. The molecule has 0 aliphatic carbocycles. The molecule has 6 nitrogen and oxygen atoms in total. The summed E-state index contributed by atoms with van der Waals surface area (Å²) in [7, 11) is 0. The molecule has 34 heavy (non-hydrogen) atoms. The van der Waals surface area contributed by atoms with Gasteiger partial charge in [0.25, 0.3) is 0 Å². The van der Waals surface area contributed by atoms with E-state index in [1.165, 1.54) is 0 Å². The Bertz CT molecular complexity index is 997. The number of carbonyl (C=O) groups is 3. The van der Waals surface area contributed by atoms with Gasteiger partial charge in [-0.3, -0.25) is 4.79 Å². The van der Waals surface area contributed by atoms with Crippen LogP contribution in [0, 0.1) is 0 Å². The zero-order valence-electron chi connectivity index (χ0n) is 19.7. The number of ether oxygens (including phenoxy) is 1. The number of rotatable bonds is 8. The number of hydrogen-bond donors (Lipinski definition) is 2. The first-order valence-electron chi connectivity index (χ1n) is 11.2. The summed E-state index contributed by atoms with van der Waals surface area (Å²) >= 11 is 0. The third-order valence-corrected chi connectivity index (χ3v) is 5.22. The SMILES string of the molecule is CC(C)(C)OC(=O)N[C@@H](C=O)CC(=O)NC(c1ccccc1)(c1ccccc1)c1ccccc1. The van der Waals surface area contributed by atoms with Crippen molar-refractivity contribution in [3.05, 3.63) is 108 Å². The maximum absolute atomic E-state index is 13.4. The summed E-state index contributed by atoms with van der Waals surface area (Å²) in [4.78, 5) is 37.2. The Morgan fingerprint density at radius 1 is 0.794 bits per heavy atom. The minimum Gasteiger partial charge on any atom is -0.444 e. The largest absolute Gasteiger partial charge is 0.444 e. The van der Waals surface area contributed by atoms with Gasteiger partial charge in [-0.05, 0) is 37.5 Å². The van der Waals surface area contributed by atoms with Gasteiger partial charge in [0, 0.05) is 0 Å². The number of benzene rings is 3. The van der Waals surface area contributed by atoms with Crippen molar-refractivity contribution in [2.24, 2.45) is 0 Å². The fraction of sp³-hybridized carbons (Fsp3) is 0.250. The fourth-order valence-corrected chi connectivity index (χ4v) is 3.83. The van der Waals surface area contributed by atoms with Crippen LogP contribution in [0.5, 0.6) is 0 Å². The van der Waals surface area contributed by atoms with Gasteiger partial charge < -0.3 is 20.2 Å². The van der Waals surface area contributed by atoms with Crippen molar-refractivity contribution >= 4 is 18.3 Å². The highest BCUT2D eigenvalue weighted by Gasteiger charge is 2.38. The average Bonchev–Trinajstić information content (AvgIpc) is 2.82. The van der Waals surface area contributed by atoms with Crippen molar-refractivity contribution in [1.29, 1.82) is 0 Å². The van der Waals surface area contributed by atoms with Crippen LogP contribution in [-0.4, -0.2) is 29.9 Å². The van der Waals surface area contributed by atoms with E-state index < -0.39 is 29.2 Å². The molecule has 0 aromatic heterocycles. The lowest BCUT2D eigenvalue weighted by Crippen LogP contribution is -2.50. The molecule has 0 radical (unpaired) electrons. The molecule has 0 bridgehead atoms. The topological polar surface area (TPSA) is 84.5 Å². The molecule has 2 amide bonds. The lowest BCUT2D eigenvalue weighted by atomic mass is 9.77. The van der Waals surface area contributed by atoms with Crippen LogP contribution in [0.4, 0.5) is 4.79 Å². The molecule has 0 saturated carbocycles. The van der Waals surface area contributed by atoms with Gasteiger partial charge in [0.15, 0.2) is 0 Å². The number of amides is 2. The van der Waals surface area contributed by atoms with Crippen molar-refractivity contribution in [1.82, 2.24) is 10.6 Å². The molecule has 0 fully saturated rings. The Morgan fingerprint density at radius 2 is 1.21 bits per heavy atom. The van der Waals surface area contributed by atoms with E-state index in [0.29, 0.717) is 6.29 Å². The Kier molecular flexibility index (Phi) is 7.84. The second-order valence-corrected chi connectivity index (χ2v) is 8.99. The van der Waals surface area contributed by atoms with Crippen LogP contribution in [0.2, 0.25) is 0 Å². The third kappa shape index (κ3) is 6.10. The number of nitrogens with one attached hydrogen (secondary N) is 2. The fourth-order valence-electron chi connectivity index (χ4n) is 3.83. The molecule has 2 N–H and O–H groups in total. The van der Waals surface area contributed by atoms with Crippen molar-refractivity contribution in [2.45, 2.75) is 44.4 Å². The highest BCUT2D eigenvalue weighted by molar-refractivity contribution is 5.84. The molecule has 0 unspecified atom stereocenters. The lowest BCUT2D eigenvalue weighted by Gasteiger charge is -2.37. The summed E-state index contributed by atoms with van der Waals surface area (Å²) in [6.07, 6.45) is -0.451. The zero-order chi connectivity index (χ0) is 24.6. The number of alkyl carbamates (subject to hydrolysis) is 1. The maximum atomic E-state index is 13.4. The Balaban J connectivity index is 1.97. The van der Waals surface area contributed by atoms with Gasteiger partial charge in [0.05, 0.1) is 12.5 Å². The second-order valence-electron chi connectivity index (χ2n) is 8.99. The van der Waals surface area contributed by atoms with E-state index in [1.54, 1.807) is 20.8 Å². The Hall–Kier alpha value is -3.93. The predicted molar refractivity (Wildman–Crippen MR) is 131 cm³/mol. The molecule has 0 aliphatic rings. The van der Waals surface area contributed by atoms with Crippen LogP contribution in [0.15, 0.2) is 91.0 Å². The quantitative estimate of drug-likeness (QED) is 0.382. The number of hydrogen-bond acceptors (Lipinski definition) is 4. The first-order chi connectivity index (χ1) is 16.2. The van der Waals surface area contributed by atoms with E-state index in [0.717, 1.165) is 16.7 Å². The standard InChI is InChI=1S/C28H30N2O4/c1-27(2,3)34-26(33)29-24(20-31)19-25(32)30-28(21-13-7-4-8-14-21,22-15-9-5-10-16-22)23-17-11-6-12-18-23/h4-18,20,24H,19H2,1-3H3,(H,29,33)(H,30,32)/t24-/m1/s1. The molecule has 3 aromatic carbocycles. The molecule has 176 valence electrons. The molecule has 1 atom stereocenters. The van der Waals surface area contributed by atoms with Crippen molar-refractivity contribution in [2.75, 3.05) is 0 Å². The number of aldehydes is 1. The molecule has 0 heterocycles. The van der Waals surface area contributed by atoms with E-state index in [-0.39, 0.29) is 6.42 Å². The Labute approximate surface area is 200 Å². The Morgan fingerprint density at radius 3 is 1.56 bits per heavy atom. The first-order valence-corrected chi connectivity index (χ1v) is 11.2. The summed E-state index contributed by atoms with van der Waals surface area (Å²) in [6, 6.07) is 27.9. The highest BCUT2D eigenvalue weighted by Crippen LogP contribution is 2.36. The smallest absolute Gasteiger partial charge is 0.408 e. The van der Waals surface area contributed by atoms with Gasteiger partial charge in [-0.15, -0.1) is 0 Å². The molecular formula is C28H30N2O4. The van der Waals surface area contributed by atoms with Gasteiger partial charge in [0.1, 0.15) is 17.4 Å². The van der Waals surface area contributed by atoms with Gasteiger partial charge in [-0.25, -0.2) is 4.79 Å². The van der Waals surface area contributed by atoms with Crippen LogP contribution in [0.3, 0.4) is 0 Å². The van der Waals surface area contributed by atoms with Gasteiger partial charge in [-0.2, -0.15) is 0 Å². The molecule has 3 rings (SSSR count). The van der Waals surface area contributed by atoms with E-state index in [9.17, 15) is 14.4 Å². The van der Waals surface area contributed by atoms with E-state index in [1.807, 2.05) is 91.0 Å². The normalized spacial score (nSPS) is 12.3. The van der Waals surface area contributed by atoms with Crippen LogP contribution in [0.1, 0.15) is 43.9 Å². The van der Waals surface area contributed by atoms with Crippen molar-refractivity contribution in [3.8, 4) is 0 Å². The van der Waals surface area contributed by atoms with Crippen LogP contribution >= 0.6 is 0 Å². The van der Waals surface area contributed by atoms with Crippen LogP contribution < -0.4 is 10.6 Å². The predicted octanol–water partition coefficient (Wildman–Crippen LogP) is 4.58. The monoisotopic (exact) mass is 458 g/mol. The summed E-state index contributed by atoms with van der Waals surface area (Å²) in [6.45, 7) is 5.18. The minimum absolute atomic E-state index is 0.239. The molecular weight excluding hydrogens is 428 g/mol. The molecule has 6 heteroatoms. The van der Waals surface area contributed by atoms with E-state index in [4.69, 9.17) is 4.74 Å². The second kappa shape index (κ2) is 10.8. The van der Waals surface area contributed by atoms with Gasteiger partial charge in [0.2, 0.25) is 5.91 Å². The van der Waals surface area contributed by atoms with Crippen molar-refractivity contribution < 1.29 is 19.1 Å². The molecule has 0 saturated heterocycles. The van der Waals surface area contributed by atoms with Crippen LogP contribution in [0.25, 0.3) is 0 Å². The highest BCUT2D eigenvalue weighted by atomic mass is 16.6. The minimum atomic E-state index is -1.03. The van der Waals surface area contributed by atoms with Crippen molar-refractivity contribution in [3.63, 3.8) is 0 Å². The summed E-state index contributed by atoms with van der Waals surface area (Å²) < 4.78 is 5.22. The molecule has 0 aliphatic heterocycles. The number of carbonyl (C=O) groups excluding carboxylic acids is 3. The van der Waals surface area contributed by atoms with E-state index in [2.05, 4.69) is 10.6 Å². The maximum Gasteiger partial charge on any atom is 0.408 e. The van der Waals surface area contributed by atoms with Gasteiger partial charge in [-0.1, -0.05) is 91.0 Å². The van der Waals surface area contributed by atoms with Crippen LogP contribution in [-0.2, 0) is 19.9 Å². The lowest BCUT2D eigenvalue weighted by molar-refractivity contribution is -0.124. The zero-order valence-corrected chi connectivity index (χ0v) is 19.7. The summed E-state index contributed by atoms with van der Waals surface area (Å²) in [5.74, 6) is -0.398. The van der Waals surface area contributed by atoms with E-state index >= 15 is 0 Å². The first kappa shape index (κ1) is 24.7.